The molecule has 94 heavy (non-hydrogen) atoms. The van der Waals surface area contributed by atoms with Gasteiger partial charge >= 0.3 is 30.6 Å². The molecule has 0 fully saturated rings. The van der Waals surface area contributed by atoms with E-state index in [-0.39, 0.29) is 57.5 Å². The van der Waals surface area contributed by atoms with Crippen molar-refractivity contribution in [1.82, 2.24) is 60.1 Å². The minimum Gasteiger partial charge on any atom is -0.493 e. The van der Waals surface area contributed by atoms with E-state index in [1.54, 1.807) is 57.0 Å². The van der Waals surface area contributed by atoms with Crippen LogP contribution in [0.4, 0.5) is 61.0 Å². The minimum absolute atomic E-state index is 0.0153. The third kappa shape index (κ3) is 23.2. The van der Waals surface area contributed by atoms with Crippen molar-refractivity contribution in [3.63, 3.8) is 0 Å². The number of nitrogen functional groups attached to an aromatic ring is 1. The number of alkyl halides is 10. The van der Waals surface area contributed by atoms with E-state index in [4.69, 9.17) is 40.1 Å². The van der Waals surface area contributed by atoms with Crippen LogP contribution in [0.5, 0.6) is 17.2 Å². The molecular formula is C61H73F9IN15O8. The quantitative estimate of drug-likeness (QED) is 0.0246. The lowest BCUT2D eigenvalue weighted by Gasteiger charge is -2.17. The highest BCUT2D eigenvalue weighted by molar-refractivity contribution is 14.1. The van der Waals surface area contributed by atoms with Crippen molar-refractivity contribution in [2.45, 2.75) is 104 Å². The number of benzene rings is 3. The molecule has 0 aliphatic carbocycles. The number of halogens is 10. The number of imidazole rings is 1. The van der Waals surface area contributed by atoms with Gasteiger partial charge in [0, 0.05) is 89.4 Å². The summed E-state index contributed by atoms with van der Waals surface area (Å²) in [7, 11) is 5.14. The zero-order valence-electron chi connectivity index (χ0n) is 53.5. The molecular weight excluding hydrogens is 1370 g/mol. The standard InChI is InChI=1S/C20H22F3N5O3.C19H21F3N4O3.C15H19F3N2O2.C4H5N3.C2H3N.CH3I/c1-3-6-13-15(8-7-14-16(13)31-27-17(14)20(21,22)23)30-12-5-11-28(2)19(29)26-18-24-9-4-10-25-18;1-3-5-13-15(7-6-14-16(13)29-24-17(14)19(20,21)22)28-11-4-9-25(2)18(27)26-10-8-23-12-26;1-3-5-10-12(21-9-4-8-19-2)7-6-11-13(10)22-20-14(11)15(16,17)18;5-4-6-2-1-3-7-4;1-2-3;1-2/h4,7-10H,3,5-6,11-12H2,1-2H3,(H,24,25,26,29);6-8,10,12H,3-5,9,11H2,1-2H3;6-7,19H,3-5,8-9H2,1-2H3;1-3H,(H2,5,6,7);1H3;1H3/i;;;;;1D. The number of nitriles is 1. The molecule has 0 saturated heterocycles. The summed E-state index contributed by atoms with van der Waals surface area (Å²) in [6, 6.07) is 13.1. The first-order valence-electron chi connectivity index (χ1n) is 29.7. The van der Waals surface area contributed by atoms with Gasteiger partial charge in [0.2, 0.25) is 11.9 Å². The number of aryl methyl sites for hydroxylation is 3. The summed E-state index contributed by atoms with van der Waals surface area (Å²) in [6.07, 6.45) is 2.65. The second kappa shape index (κ2) is 38.8. The van der Waals surface area contributed by atoms with Gasteiger partial charge in [0.1, 0.15) is 23.6 Å². The molecule has 6 heterocycles. The number of nitrogens with one attached hydrogen (secondary N) is 2. The summed E-state index contributed by atoms with van der Waals surface area (Å²) in [5, 5.41) is 22.3. The Morgan fingerprint density at radius 3 is 1.35 bits per heavy atom. The molecule has 3 aromatic carbocycles. The van der Waals surface area contributed by atoms with Crippen LogP contribution in [0.1, 0.15) is 101 Å². The van der Waals surface area contributed by atoms with Crippen LogP contribution in [0.2, 0.25) is 0 Å². The molecule has 510 valence electrons. The zero-order chi connectivity index (χ0) is 70.1. The fraction of sp³-hybridized carbons (Fsp3) is 0.426. The van der Waals surface area contributed by atoms with Crippen molar-refractivity contribution >= 4 is 79.5 Å². The van der Waals surface area contributed by atoms with Crippen LogP contribution in [0, 0.1) is 11.3 Å². The molecule has 9 rings (SSSR count). The molecule has 4 N–H and O–H groups in total. The van der Waals surface area contributed by atoms with Gasteiger partial charge in [0.25, 0.3) is 0 Å². The number of urea groups is 1. The van der Waals surface area contributed by atoms with Crippen molar-refractivity contribution in [2.24, 2.45) is 0 Å². The third-order valence-corrected chi connectivity index (χ3v) is 12.8. The number of carbonyl (C=O) groups is 2. The van der Waals surface area contributed by atoms with E-state index < -0.39 is 35.6 Å². The Hall–Kier alpha value is -9.07. The number of fused-ring (bicyclic) bond motifs is 3. The minimum atomic E-state index is -4.59. The highest BCUT2D eigenvalue weighted by Crippen LogP contribution is 2.41. The summed E-state index contributed by atoms with van der Waals surface area (Å²) in [5.74, 6) is 2.01. The smallest absolute Gasteiger partial charge is 0.437 e. The van der Waals surface area contributed by atoms with Crippen LogP contribution in [-0.2, 0) is 37.8 Å². The van der Waals surface area contributed by atoms with Gasteiger partial charge in [0.05, 0.1) is 42.0 Å². The topological polar surface area (TPSA) is 290 Å². The second-order valence-electron chi connectivity index (χ2n) is 19.7. The first-order valence-corrected chi connectivity index (χ1v) is 30.6. The Morgan fingerprint density at radius 2 is 1.02 bits per heavy atom. The number of amides is 3. The number of rotatable bonds is 22. The highest BCUT2D eigenvalue weighted by Gasteiger charge is 2.40. The highest BCUT2D eigenvalue weighted by atomic mass is 127. The number of ether oxygens (including phenoxy) is 3. The Labute approximate surface area is 550 Å². The van der Waals surface area contributed by atoms with Gasteiger partial charge in [-0.25, -0.2) is 34.5 Å². The van der Waals surface area contributed by atoms with Crippen LogP contribution in [0.25, 0.3) is 32.9 Å². The maximum Gasteiger partial charge on any atom is 0.437 e. The second-order valence-corrected chi connectivity index (χ2v) is 19.7. The van der Waals surface area contributed by atoms with E-state index in [0.717, 1.165) is 19.4 Å². The van der Waals surface area contributed by atoms with Gasteiger partial charge in [-0.1, -0.05) is 78.1 Å². The molecule has 0 unspecified atom stereocenters. The first-order chi connectivity index (χ1) is 45.3. The Balaban J connectivity index is 0.000000279. The molecule has 0 spiro atoms. The van der Waals surface area contributed by atoms with Crippen molar-refractivity contribution in [1.29, 1.82) is 5.26 Å². The fourth-order valence-electron chi connectivity index (χ4n) is 8.63. The van der Waals surface area contributed by atoms with Gasteiger partial charge in [-0.15, -0.1) is 0 Å². The predicted molar refractivity (Wildman–Crippen MR) is 340 cm³/mol. The van der Waals surface area contributed by atoms with Crippen LogP contribution in [0.3, 0.4) is 0 Å². The molecule has 23 nitrogen and oxygen atoms in total. The van der Waals surface area contributed by atoms with Crippen LogP contribution in [0.15, 0.2) is 106 Å². The number of carbonyl (C=O) groups excluding carboxylic acids is 2. The molecule has 0 aliphatic heterocycles. The Morgan fingerprint density at radius 1 is 0.649 bits per heavy atom. The largest absolute Gasteiger partial charge is 0.493 e. The van der Waals surface area contributed by atoms with Gasteiger partial charge in [-0.05, 0) is 106 Å². The number of nitrogens with zero attached hydrogens (tertiary/aromatic N) is 12. The number of aromatic nitrogens is 9. The molecule has 3 amide bonds. The van der Waals surface area contributed by atoms with E-state index >= 15 is 0 Å². The van der Waals surface area contributed by atoms with Crippen molar-refractivity contribution < 1.29 is 78.3 Å². The lowest BCUT2D eigenvalue weighted by molar-refractivity contribution is -0.142. The normalized spacial score (nSPS) is 11.2. The Bertz CT molecular complexity index is 3760. The first kappa shape index (κ1) is 75.6. The number of hydrogen-bond donors (Lipinski definition) is 3. The van der Waals surface area contributed by atoms with Crippen LogP contribution < -0.4 is 30.6 Å². The van der Waals surface area contributed by atoms with Gasteiger partial charge < -0.3 is 48.6 Å². The van der Waals surface area contributed by atoms with Crippen LogP contribution in [-0.4, -0.2) is 132 Å². The van der Waals surface area contributed by atoms with Crippen molar-refractivity contribution in [2.75, 3.05) is 76.6 Å². The number of hydrogen-bond acceptors (Lipinski definition) is 19. The average molecular weight is 1440 g/mol. The molecule has 6 aromatic heterocycles. The van der Waals surface area contributed by atoms with Gasteiger partial charge in [-0.2, -0.15) is 44.8 Å². The zero-order valence-corrected chi connectivity index (χ0v) is 54.6. The average Bonchev–Trinajstić information content (AvgIpc) is 1.68. The van der Waals surface area contributed by atoms with Gasteiger partial charge in [-0.3, -0.25) is 9.88 Å². The van der Waals surface area contributed by atoms with Crippen molar-refractivity contribution in [3.8, 4) is 23.3 Å². The van der Waals surface area contributed by atoms with E-state index in [2.05, 4.69) is 51.0 Å². The molecule has 0 aliphatic rings. The molecule has 0 saturated carbocycles. The third-order valence-electron chi connectivity index (χ3n) is 12.8. The van der Waals surface area contributed by atoms with Crippen LogP contribution >= 0.6 is 22.6 Å². The molecule has 33 heteroatoms. The van der Waals surface area contributed by atoms with Crippen molar-refractivity contribution in [3.05, 3.63) is 126 Å². The number of anilines is 2. The summed E-state index contributed by atoms with van der Waals surface area (Å²) in [5.41, 5.74) is 4.20. The summed E-state index contributed by atoms with van der Waals surface area (Å²) in [6.45, 7) is 9.91. The summed E-state index contributed by atoms with van der Waals surface area (Å²) < 4.78 is 157. The van der Waals surface area contributed by atoms with E-state index in [0.29, 0.717) is 116 Å². The van der Waals surface area contributed by atoms with Gasteiger partial charge in [0.15, 0.2) is 33.8 Å². The van der Waals surface area contributed by atoms with E-state index in [1.807, 2.05) is 50.4 Å². The van der Waals surface area contributed by atoms with E-state index in [1.165, 1.54) is 76.5 Å². The monoisotopic (exact) mass is 1440 g/mol. The lowest BCUT2D eigenvalue weighted by atomic mass is 10.0. The Kier molecular flexibility index (Phi) is 31.2. The maximum absolute atomic E-state index is 13.1. The lowest BCUT2D eigenvalue weighted by Crippen LogP contribution is -2.33. The maximum atomic E-state index is 13.1. The SMILES string of the molecule is CC#N.CCCc1c(OCCCN(C)C(=O)Nc2ncccn2)ccc2c(C(F)(F)F)noc12.CCCc1c(OCCCN(C)C(=O)n2ccnc2)ccc2c(C(F)(F)F)noc12.CCCc1c(OCCCNC)ccc2c(C(F)(F)F)noc12.Nc1ncccn1.[2H]CI. The summed E-state index contributed by atoms with van der Waals surface area (Å²) >= 11 is 1.96. The summed E-state index contributed by atoms with van der Waals surface area (Å²) in [4.78, 5) is 46.7. The molecule has 0 radical (unpaired) electrons. The number of nitrogens with two attached hydrogens (primary N) is 1. The molecule has 0 atom stereocenters. The molecule has 0 bridgehead atoms. The fourth-order valence-corrected chi connectivity index (χ4v) is 8.63. The van der Waals surface area contributed by atoms with E-state index in [9.17, 15) is 49.1 Å². The predicted octanol–water partition coefficient (Wildman–Crippen LogP) is 14.3. The molecule has 9 aromatic rings.